The molecule has 1 unspecified atom stereocenters. The van der Waals surface area contributed by atoms with Gasteiger partial charge in [-0.1, -0.05) is 288 Å². The molecule has 0 fully saturated rings. The average molecular weight is 1150 g/mol. The first kappa shape index (κ1) is 78.0. The Balaban J connectivity index is 4.40. The summed E-state index contributed by atoms with van der Waals surface area (Å²) >= 11 is 0. The molecule has 0 amide bonds. The van der Waals surface area contributed by atoms with Gasteiger partial charge < -0.3 is 14.2 Å². The highest BCUT2D eigenvalue weighted by atomic mass is 16.6. The van der Waals surface area contributed by atoms with Crippen LogP contribution in [-0.2, 0) is 28.6 Å². The molecule has 1 atom stereocenters. The van der Waals surface area contributed by atoms with Gasteiger partial charge in [0.2, 0.25) is 0 Å². The van der Waals surface area contributed by atoms with Crippen LogP contribution in [0, 0.1) is 0 Å². The molecule has 468 valence electrons. The van der Waals surface area contributed by atoms with Crippen LogP contribution in [0.1, 0.15) is 290 Å². The standard InChI is InChI=1S/C77H124O6/c1-4-7-10-13-16-19-22-25-28-31-32-33-34-35-36-37-38-39-40-41-42-43-44-47-49-52-55-58-61-64-67-70-76(79)82-73-74(83-77(80)71-68-65-62-59-56-53-50-46-30-27-24-21-18-15-12-9-6-3)72-81-75(78)69-66-63-60-57-54-51-48-45-29-26-23-20-17-14-11-8-5-2/h7,9-10,12,16,18-19,21,25-30,32-33,35-36,38-39,41-42,50,53,59,62,74H,4-6,8,11,13-15,17,20,22-24,31,34,37,40,43-49,51-52,54-58,60-61,63-73H2,1-3H3/b10-7-,12-9-,19-16-,21-18-,28-25-,29-26-,30-27-,33-32-,36-35-,39-38-,42-41-,53-50-,62-59-. The number of carbonyl (C=O) groups is 3. The van der Waals surface area contributed by atoms with Crippen molar-refractivity contribution in [1.82, 2.24) is 0 Å². The molecule has 0 saturated heterocycles. The van der Waals surface area contributed by atoms with E-state index in [2.05, 4.69) is 179 Å². The van der Waals surface area contributed by atoms with Crippen molar-refractivity contribution in [2.24, 2.45) is 0 Å². The van der Waals surface area contributed by atoms with Crippen molar-refractivity contribution in [2.45, 2.75) is 297 Å². The predicted octanol–water partition coefficient (Wildman–Crippen LogP) is 23.7. The van der Waals surface area contributed by atoms with Gasteiger partial charge in [0.1, 0.15) is 13.2 Å². The highest BCUT2D eigenvalue weighted by molar-refractivity contribution is 5.71. The van der Waals surface area contributed by atoms with Crippen LogP contribution >= 0.6 is 0 Å². The molecule has 0 aromatic carbocycles. The van der Waals surface area contributed by atoms with E-state index in [4.69, 9.17) is 14.2 Å². The zero-order valence-corrected chi connectivity index (χ0v) is 53.7. The molecule has 6 heteroatoms. The van der Waals surface area contributed by atoms with Crippen LogP contribution in [0.5, 0.6) is 0 Å². The zero-order valence-electron chi connectivity index (χ0n) is 53.7. The Morgan fingerprint density at radius 2 is 0.482 bits per heavy atom. The van der Waals surface area contributed by atoms with Gasteiger partial charge in [0, 0.05) is 19.3 Å². The van der Waals surface area contributed by atoms with Crippen molar-refractivity contribution in [3.05, 3.63) is 158 Å². The number of allylic oxidation sites excluding steroid dienone is 26. The Hall–Kier alpha value is -4.97. The molecule has 0 rings (SSSR count). The van der Waals surface area contributed by atoms with Crippen molar-refractivity contribution in [1.29, 1.82) is 0 Å². The first-order valence-corrected chi connectivity index (χ1v) is 34.0. The fourth-order valence-corrected chi connectivity index (χ4v) is 8.98. The van der Waals surface area contributed by atoms with Crippen molar-refractivity contribution < 1.29 is 28.6 Å². The molecular weight excluding hydrogens is 1020 g/mol. The molecule has 0 bridgehead atoms. The Morgan fingerprint density at radius 3 is 0.783 bits per heavy atom. The van der Waals surface area contributed by atoms with E-state index in [0.717, 1.165) is 128 Å². The summed E-state index contributed by atoms with van der Waals surface area (Å²) in [4.78, 5) is 38.4. The summed E-state index contributed by atoms with van der Waals surface area (Å²) in [6.45, 7) is 6.36. The lowest BCUT2D eigenvalue weighted by Gasteiger charge is -2.18. The molecule has 0 aliphatic heterocycles. The lowest BCUT2D eigenvalue weighted by Crippen LogP contribution is -2.30. The number of ether oxygens (including phenoxy) is 3. The van der Waals surface area contributed by atoms with Crippen LogP contribution in [0.25, 0.3) is 0 Å². The number of hydrogen-bond acceptors (Lipinski definition) is 6. The number of rotatable bonds is 60. The SMILES string of the molecule is CC/C=C\C/C=C\C/C=C\C/C=C\C/C=C\C/C=C\C/C=C\CCCCCCCCCCCC(=O)OCC(COC(=O)CCCCCCCCC/C=C\CCCCCCCC)OC(=O)CCC/C=C\C/C=C\C/C=C\C/C=C\C/C=C\CC. The van der Waals surface area contributed by atoms with Gasteiger partial charge in [0.25, 0.3) is 0 Å². The van der Waals surface area contributed by atoms with Crippen LogP contribution in [0.4, 0.5) is 0 Å². The maximum atomic E-state index is 12.9. The summed E-state index contributed by atoms with van der Waals surface area (Å²) < 4.78 is 16.9. The molecule has 0 radical (unpaired) electrons. The summed E-state index contributed by atoms with van der Waals surface area (Å²) in [5.74, 6) is -0.977. The van der Waals surface area contributed by atoms with Gasteiger partial charge in [-0.2, -0.15) is 0 Å². The van der Waals surface area contributed by atoms with E-state index in [1.165, 1.54) is 116 Å². The topological polar surface area (TPSA) is 78.9 Å². The van der Waals surface area contributed by atoms with Crippen LogP contribution in [0.2, 0.25) is 0 Å². The fraction of sp³-hybridized carbons (Fsp3) is 0.623. The quantitative estimate of drug-likeness (QED) is 0.0261. The highest BCUT2D eigenvalue weighted by Gasteiger charge is 2.19. The third kappa shape index (κ3) is 67.7. The van der Waals surface area contributed by atoms with E-state index in [1.54, 1.807) is 0 Å². The number of hydrogen-bond donors (Lipinski definition) is 0. The normalized spacial score (nSPS) is 13.1. The molecular formula is C77H124O6. The largest absolute Gasteiger partial charge is 0.462 e. The molecule has 0 aromatic rings. The average Bonchev–Trinajstić information content (AvgIpc) is 3.49. The maximum Gasteiger partial charge on any atom is 0.306 e. The van der Waals surface area contributed by atoms with E-state index < -0.39 is 6.10 Å². The predicted molar refractivity (Wildman–Crippen MR) is 362 cm³/mol. The number of unbranched alkanes of at least 4 members (excludes halogenated alkanes) is 23. The van der Waals surface area contributed by atoms with Gasteiger partial charge in [-0.25, -0.2) is 0 Å². The van der Waals surface area contributed by atoms with E-state index in [1.807, 2.05) is 0 Å². The van der Waals surface area contributed by atoms with Gasteiger partial charge in [-0.3, -0.25) is 14.4 Å². The van der Waals surface area contributed by atoms with Crippen molar-refractivity contribution in [3.8, 4) is 0 Å². The zero-order chi connectivity index (χ0) is 59.9. The lowest BCUT2D eigenvalue weighted by molar-refractivity contribution is -0.167. The first-order valence-electron chi connectivity index (χ1n) is 34.0. The van der Waals surface area contributed by atoms with E-state index in [9.17, 15) is 14.4 Å². The Bertz CT molecular complexity index is 1840. The molecule has 0 N–H and O–H groups in total. The minimum atomic E-state index is -0.820. The highest BCUT2D eigenvalue weighted by Crippen LogP contribution is 2.15. The molecule has 0 saturated carbocycles. The van der Waals surface area contributed by atoms with Crippen LogP contribution < -0.4 is 0 Å². The van der Waals surface area contributed by atoms with Gasteiger partial charge in [-0.15, -0.1) is 0 Å². The van der Waals surface area contributed by atoms with Crippen LogP contribution in [0.3, 0.4) is 0 Å². The molecule has 0 heterocycles. The fourth-order valence-electron chi connectivity index (χ4n) is 8.98. The second kappa shape index (κ2) is 69.5. The molecule has 0 spiro atoms. The summed E-state index contributed by atoms with van der Waals surface area (Å²) in [5, 5.41) is 0. The van der Waals surface area contributed by atoms with Gasteiger partial charge >= 0.3 is 17.9 Å². The van der Waals surface area contributed by atoms with Crippen molar-refractivity contribution >= 4 is 17.9 Å². The third-order valence-electron chi connectivity index (χ3n) is 14.0. The second-order valence-electron chi connectivity index (χ2n) is 22.0. The first-order chi connectivity index (χ1) is 41.0. The molecule has 83 heavy (non-hydrogen) atoms. The monoisotopic (exact) mass is 1140 g/mol. The summed E-state index contributed by atoms with van der Waals surface area (Å²) in [5.41, 5.74) is 0. The third-order valence-corrected chi connectivity index (χ3v) is 14.0. The summed E-state index contributed by atoms with van der Waals surface area (Å²) in [6.07, 6.45) is 101. The Labute approximate surface area is 511 Å². The maximum absolute atomic E-state index is 12.9. The minimum Gasteiger partial charge on any atom is -0.462 e. The lowest BCUT2D eigenvalue weighted by atomic mass is 10.1. The van der Waals surface area contributed by atoms with Crippen molar-refractivity contribution in [3.63, 3.8) is 0 Å². The number of esters is 3. The van der Waals surface area contributed by atoms with Gasteiger partial charge in [0.15, 0.2) is 6.10 Å². The second-order valence-corrected chi connectivity index (χ2v) is 22.0. The minimum absolute atomic E-state index is 0.109. The van der Waals surface area contributed by atoms with Crippen LogP contribution in [0.15, 0.2) is 158 Å². The Kier molecular flexibility index (Phi) is 65.4. The summed E-state index contributed by atoms with van der Waals surface area (Å²) in [6, 6.07) is 0. The van der Waals surface area contributed by atoms with Gasteiger partial charge in [-0.05, 0) is 141 Å². The van der Waals surface area contributed by atoms with Crippen molar-refractivity contribution in [2.75, 3.05) is 13.2 Å². The van der Waals surface area contributed by atoms with E-state index in [-0.39, 0.29) is 37.5 Å². The molecule has 6 nitrogen and oxygen atoms in total. The van der Waals surface area contributed by atoms with Gasteiger partial charge in [0.05, 0.1) is 0 Å². The van der Waals surface area contributed by atoms with E-state index >= 15 is 0 Å². The smallest absolute Gasteiger partial charge is 0.306 e. The molecule has 0 aromatic heterocycles. The van der Waals surface area contributed by atoms with E-state index in [0.29, 0.717) is 19.3 Å². The Morgan fingerprint density at radius 1 is 0.253 bits per heavy atom. The summed E-state index contributed by atoms with van der Waals surface area (Å²) in [7, 11) is 0. The number of carbonyl (C=O) groups excluding carboxylic acids is 3. The molecule has 0 aliphatic carbocycles. The van der Waals surface area contributed by atoms with Crippen LogP contribution in [-0.4, -0.2) is 37.2 Å². The molecule has 0 aliphatic rings.